The lowest BCUT2D eigenvalue weighted by molar-refractivity contribution is -0.142. The van der Waals surface area contributed by atoms with Crippen molar-refractivity contribution in [3.63, 3.8) is 0 Å². The maximum atomic E-state index is 14.1. The number of para-hydroxylation sites is 1. The molecule has 0 radical (unpaired) electrons. The van der Waals surface area contributed by atoms with E-state index in [1.165, 1.54) is 11.0 Å². The van der Waals surface area contributed by atoms with E-state index in [-0.39, 0.29) is 18.5 Å². The van der Waals surface area contributed by atoms with Gasteiger partial charge in [0.25, 0.3) is 5.92 Å². The fraction of sp³-hybridized carbons (Fsp3) is 0.682. The number of nitrogens with zero attached hydrogens (tertiary/aromatic N) is 2. The van der Waals surface area contributed by atoms with Crippen LogP contribution < -0.4 is 9.62 Å². The summed E-state index contributed by atoms with van der Waals surface area (Å²) >= 11 is 0. The molecule has 2 heterocycles. The van der Waals surface area contributed by atoms with Crippen molar-refractivity contribution >= 4 is 21.6 Å². The molecule has 1 aliphatic carbocycles. The Morgan fingerprint density at radius 2 is 1.85 bits per heavy atom. The second-order valence-electron chi connectivity index (χ2n) is 9.23. The first-order chi connectivity index (χ1) is 15.5. The Bertz CT molecular complexity index is 969. The lowest BCUT2D eigenvalue weighted by atomic mass is 9.96. The van der Waals surface area contributed by atoms with E-state index in [0.29, 0.717) is 51.0 Å². The van der Waals surface area contributed by atoms with Gasteiger partial charge in [-0.15, -0.1) is 0 Å². The van der Waals surface area contributed by atoms with Crippen LogP contribution in [0.4, 0.5) is 18.9 Å². The van der Waals surface area contributed by atoms with E-state index in [1.54, 1.807) is 18.2 Å². The molecular formula is C22H30F3N3O4S. The minimum absolute atomic E-state index is 0.0571. The zero-order valence-electron chi connectivity index (χ0n) is 18.6. The SMILES string of the molecule is CS(=O)(=O)N[C@H]1CCCN(C(=O)C2CC2(F)F)[C@H]1COC1CCN(c2ccccc2F)CC1. The van der Waals surface area contributed by atoms with Crippen LogP contribution in [-0.4, -0.2) is 75.8 Å². The van der Waals surface area contributed by atoms with E-state index in [1.807, 2.05) is 4.90 Å². The fourth-order valence-electron chi connectivity index (χ4n) is 4.84. The zero-order valence-corrected chi connectivity index (χ0v) is 19.4. The number of benzene rings is 1. The number of amides is 1. The van der Waals surface area contributed by atoms with E-state index in [2.05, 4.69) is 4.72 Å². The number of nitrogens with one attached hydrogen (secondary N) is 1. The van der Waals surface area contributed by atoms with E-state index in [0.717, 1.165) is 6.26 Å². The first-order valence-electron chi connectivity index (χ1n) is 11.3. The Morgan fingerprint density at radius 1 is 1.18 bits per heavy atom. The number of sulfonamides is 1. The summed E-state index contributed by atoms with van der Waals surface area (Å²) in [5, 5.41) is 0. The third kappa shape index (κ3) is 5.81. The minimum atomic E-state index is -3.55. The lowest BCUT2D eigenvalue weighted by Crippen LogP contribution is -2.59. The van der Waals surface area contributed by atoms with E-state index >= 15 is 0 Å². The second-order valence-corrected chi connectivity index (χ2v) is 11.0. The van der Waals surface area contributed by atoms with Crippen molar-refractivity contribution in [3.05, 3.63) is 30.1 Å². The van der Waals surface area contributed by atoms with Gasteiger partial charge >= 0.3 is 0 Å². The number of halogens is 3. The molecule has 1 N–H and O–H groups in total. The molecule has 1 aromatic rings. The van der Waals surface area contributed by atoms with Crippen molar-refractivity contribution in [1.29, 1.82) is 0 Å². The maximum absolute atomic E-state index is 14.1. The van der Waals surface area contributed by atoms with Gasteiger partial charge in [-0.25, -0.2) is 26.3 Å². The molecule has 2 aliphatic heterocycles. The monoisotopic (exact) mass is 489 g/mol. The number of likely N-dealkylation sites (tertiary alicyclic amines) is 1. The van der Waals surface area contributed by atoms with Crippen molar-refractivity contribution in [3.8, 4) is 0 Å². The predicted octanol–water partition coefficient (Wildman–Crippen LogP) is 2.38. The number of hydrogen-bond acceptors (Lipinski definition) is 5. The lowest BCUT2D eigenvalue weighted by Gasteiger charge is -2.42. The van der Waals surface area contributed by atoms with Crippen LogP contribution in [0.25, 0.3) is 0 Å². The summed E-state index contributed by atoms with van der Waals surface area (Å²) in [6, 6.07) is 5.34. The molecule has 1 aromatic carbocycles. The molecule has 0 aromatic heterocycles. The average molecular weight is 490 g/mol. The number of piperidine rings is 2. The molecule has 0 bridgehead atoms. The Morgan fingerprint density at radius 3 is 2.45 bits per heavy atom. The Kier molecular flexibility index (Phi) is 6.93. The highest BCUT2D eigenvalue weighted by Gasteiger charge is 2.63. The maximum Gasteiger partial charge on any atom is 0.260 e. The number of carbonyl (C=O) groups excluding carboxylic acids is 1. The van der Waals surface area contributed by atoms with Gasteiger partial charge in [0.2, 0.25) is 15.9 Å². The molecule has 1 unspecified atom stereocenters. The Hall–Kier alpha value is -1.85. The summed E-state index contributed by atoms with van der Waals surface area (Å²) < 4.78 is 73.5. The van der Waals surface area contributed by atoms with Gasteiger partial charge in [-0.1, -0.05) is 12.1 Å². The van der Waals surface area contributed by atoms with Crippen molar-refractivity contribution in [2.45, 2.75) is 56.2 Å². The predicted molar refractivity (Wildman–Crippen MR) is 117 cm³/mol. The minimum Gasteiger partial charge on any atom is -0.376 e. The average Bonchev–Trinajstić information content (AvgIpc) is 3.40. The summed E-state index contributed by atoms with van der Waals surface area (Å²) in [6.07, 6.45) is 2.73. The van der Waals surface area contributed by atoms with Crippen molar-refractivity contribution < 1.29 is 31.1 Å². The van der Waals surface area contributed by atoms with E-state index in [4.69, 9.17) is 4.74 Å². The fourth-order valence-corrected chi connectivity index (χ4v) is 5.66. The van der Waals surface area contributed by atoms with Gasteiger partial charge in [-0.2, -0.15) is 0 Å². The van der Waals surface area contributed by atoms with Crippen LogP contribution in [0, 0.1) is 11.7 Å². The molecule has 3 atom stereocenters. The van der Waals surface area contributed by atoms with Crippen LogP contribution >= 0.6 is 0 Å². The Balaban J connectivity index is 1.39. The van der Waals surface area contributed by atoms with Gasteiger partial charge in [0.1, 0.15) is 11.7 Å². The molecule has 7 nitrogen and oxygen atoms in total. The standard InChI is InChI=1S/C22H30F3N3O4S/c1-33(30,31)26-18-6-4-10-28(21(29)16-13-22(16,24)25)20(18)14-32-15-8-11-27(12-9-15)19-7-3-2-5-17(19)23/h2-3,5,7,15-16,18,20,26H,4,6,8-14H2,1H3/t16?,18-,20-/m0/s1. The zero-order chi connectivity index (χ0) is 23.8. The highest BCUT2D eigenvalue weighted by atomic mass is 32.2. The van der Waals surface area contributed by atoms with E-state index < -0.39 is 46.3 Å². The second kappa shape index (κ2) is 9.42. The van der Waals surface area contributed by atoms with Crippen molar-refractivity contribution in [2.24, 2.45) is 5.92 Å². The van der Waals surface area contributed by atoms with Gasteiger partial charge in [0, 0.05) is 32.1 Å². The summed E-state index contributed by atoms with van der Waals surface area (Å²) in [5.74, 6) is -5.23. The van der Waals surface area contributed by atoms with Gasteiger partial charge < -0.3 is 14.5 Å². The quantitative estimate of drug-likeness (QED) is 0.636. The summed E-state index contributed by atoms with van der Waals surface area (Å²) in [7, 11) is -3.55. The molecular weight excluding hydrogens is 459 g/mol. The van der Waals surface area contributed by atoms with Crippen LogP contribution in [0.3, 0.4) is 0 Å². The highest BCUT2D eigenvalue weighted by molar-refractivity contribution is 7.88. The summed E-state index contributed by atoms with van der Waals surface area (Å²) in [6.45, 7) is 1.55. The number of carbonyl (C=O) groups is 1. The third-order valence-electron chi connectivity index (χ3n) is 6.69. The molecule has 0 spiro atoms. The first-order valence-corrected chi connectivity index (χ1v) is 13.2. The first kappa shape index (κ1) is 24.3. The van der Waals surface area contributed by atoms with Crippen LogP contribution in [-0.2, 0) is 19.6 Å². The largest absolute Gasteiger partial charge is 0.376 e. The van der Waals surface area contributed by atoms with Crippen LogP contribution in [0.5, 0.6) is 0 Å². The normalized spacial score (nSPS) is 28.1. The molecule has 11 heteroatoms. The molecule has 3 fully saturated rings. The van der Waals surface area contributed by atoms with Crippen LogP contribution in [0.1, 0.15) is 32.1 Å². The highest BCUT2D eigenvalue weighted by Crippen LogP contribution is 2.50. The van der Waals surface area contributed by atoms with Crippen molar-refractivity contribution in [2.75, 3.05) is 37.4 Å². The third-order valence-corrected chi connectivity index (χ3v) is 7.42. The number of alkyl halides is 2. The van der Waals surface area contributed by atoms with Gasteiger partial charge in [0.05, 0.1) is 30.7 Å². The summed E-state index contributed by atoms with van der Waals surface area (Å²) in [4.78, 5) is 16.1. The smallest absolute Gasteiger partial charge is 0.260 e. The van der Waals surface area contributed by atoms with Gasteiger partial charge in [-0.05, 0) is 37.8 Å². The topological polar surface area (TPSA) is 79.0 Å². The molecule has 2 saturated heterocycles. The number of ether oxygens (including phenoxy) is 1. The van der Waals surface area contributed by atoms with E-state index in [9.17, 15) is 26.4 Å². The molecule has 184 valence electrons. The van der Waals surface area contributed by atoms with Crippen molar-refractivity contribution in [1.82, 2.24) is 9.62 Å². The van der Waals surface area contributed by atoms with Gasteiger partial charge in [-0.3, -0.25) is 4.79 Å². The number of anilines is 1. The van der Waals surface area contributed by atoms with Gasteiger partial charge in [0.15, 0.2) is 0 Å². The molecule has 1 saturated carbocycles. The van der Waals surface area contributed by atoms with Crippen LogP contribution in [0.15, 0.2) is 24.3 Å². The Labute approximate surface area is 192 Å². The van der Waals surface area contributed by atoms with Crippen LogP contribution in [0.2, 0.25) is 0 Å². The molecule has 1 amide bonds. The summed E-state index contributed by atoms with van der Waals surface area (Å²) in [5.41, 5.74) is 0.544. The molecule has 4 rings (SSSR count). The number of hydrogen-bond donors (Lipinski definition) is 1. The number of rotatable bonds is 7. The molecule has 3 aliphatic rings. The molecule has 33 heavy (non-hydrogen) atoms.